The van der Waals surface area contributed by atoms with Crippen LogP contribution in [0.15, 0.2) is 29.6 Å². The van der Waals surface area contributed by atoms with Gasteiger partial charge in [0, 0.05) is 16.9 Å². The van der Waals surface area contributed by atoms with Crippen molar-refractivity contribution in [1.29, 1.82) is 0 Å². The lowest BCUT2D eigenvalue weighted by molar-refractivity contribution is 0.104. The van der Waals surface area contributed by atoms with Crippen molar-refractivity contribution < 1.29 is 4.79 Å². The van der Waals surface area contributed by atoms with Gasteiger partial charge in [-0.15, -0.1) is 11.3 Å². The summed E-state index contributed by atoms with van der Waals surface area (Å²) < 4.78 is 0. The molecule has 0 atom stereocenters. The van der Waals surface area contributed by atoms with Gasteiger partial charge in [-0.25, -0.2) is 0 Å². The Morgan fingerprint density at radius 2 is 1.81 bits per heavy atom. The Hall–Kier alpha value is -1.52. The fraction of sp³-hybridized carbons (Fsp3) is 0. The van der Waals surface area contributed by atoms with E-state index in [1.807, 2.05) is 0 Å². The fourth-order valence-corrected chi connectivity index (χ4v) is 2.50. The van der Waals surface area contributed by atoms with Gasteiger partial charge in [0.25, 0.3) is 0 Å². The molecule has 82 valence electrons. The first-order valence-electron chi connectivity index (χ1n) is 4.51. The number of hydrogen-bond acceptors (Lipinski definition) is 4. The molecule has 3 nitrogen and oxygen atoms in total. The van der Waals surface area contributed by atoms with E-state index in [9.17, 15) is 4.79 Å². The van der Waals surface area contributed by atoms with Crippen molar-refractivity contribution in [3.63, 3.8) is 0 Å². The highest BCUT2D eigenvalue weighted by molar-refractivity contribution is 7.13. The molecule has 0 radical (unpaired) electrons. The smallest absolute Gasteiger partial charge is 0.204 e. The van der Waals surface area contributed by atoms with Crippen molar-refractivity contribution in [3.05, 3.63) is 45.1 Å². The van der Waals surface area contributed by atoms with Gasteiger partial charge in [0.15, 0.2) is 0 Å². The molecule has 1 aromatic heterocycles. The van der Waals surface area contributed by atoms with Gasteiger partial charge < -0.3 is 11.5 Å². The third-order valence-corrected chi connectivity index (χ3v) is 3.40. The van der Waals surface area contributed by atoms with Crippen LogP contribution >= 0.6 is 22.9 Å². The number of rotatable bonds is 2. The first-order valence-corrected chi connectivity index (χ1v) is 5.77. The maximum atomic E-state index is 12.0. The summed E-state index contributed by atoms with van der Waals surface area (Å²) >= 11 is 7.19. The second kappa shape index (κ2) is 4.15. The number of thiophene rings is 1. The zero-order chi connectivity index (χ0) is 11.7. The maximum absolute atomic E-state index is 12.0. The molecular formula is C11H9ClN2OS. The van der Waals surface area contributed by atoms with Gasteiger partial charge in [0.2, 0.25) is 5.78 Å². The molecule has 1 aromatic carbocycles. The number of carbonyl (C=O) groups excluding carboxylic acids is 1. The van der Waals surface area contributed by atoms with Crippen molar-refractivity contribution >= 4 is 40.1 Å². The van der Waals surface area contributed by atoms with Crippen LogP contribution < -0.4 is 11.5 Å². The highest BCUT2D eigenvalue weighted by Gasteiger charge is 2.14. The number of halogens is 1. The number of carbonyl (C=O) groups is 1. The summed E-state index contributed by atoms with van der Waals surface area (Å²) in [6, 6.07) is 6.48. The molecule has 4 N–H and O–H groups in total. The van der Waals surface area contributed by atoms with Crippen molar-refractivity contribution in [2.24, 2.45) is 0 Å². The van der Waals surface area contributed by atoms with Gasteiger partial charge in [0.05, 0.1) is 9.90 Å². The number of nitrogens with two attached hydrogens (primary N) is 2. The van der Waals surface area contributed by atoms with Crippen LogP contribution in [0.1, 0.15) is 15.2 Å². The minimum Gasteiger partial charge on any atom is -0.399 e. The van der Waals surface area contributed by atoms with E-state index in [0.29, 0.717) is 26.8 Å². The highest BCUT2D eigenvalue weighted by Crippen LogP contribution is 2.26. The van der Waals surface area contributed by atoms with Crippen molar-refractivity contribution in [2.75, 3.05) is 11.5 Å². The highest BCUT2D eigenvalue weighted by atomic mass is 35.5. The SMILES string of the molecule is Nc1cc(N)cc(C(=O)c2sccc2Cl)c1. The molecule has 2 rings (SSSR count). The maximum Gasteiger partial charge on any atom is 0.204 e. The Morgan fingerprint density at radius 3 is 2.31 bits per heavy atom. The molecule has 2 aromatic rings. The molecule has 0 spiro atoms. The Kier molecular flexibility index (Phi) is 2.85. The fourth-order valence-electron chi connectivity index (χ4n) is 1.39. The lowest BCUT2D eigenvalue weighted by Crippen LogP contribution is -2.02. The largest absolute Gasteiger partial charge is 0.399 e. The summed E-state index contributed by atoms with van der Waals surface area (Å²) in [7, 11) is 0. The third-order valence-electron chi connectivity index (χ3n) is 2.06. The molecule has 0 amide bonds. The van der Waals surface area contributed by atoms with E-state index in [2.05, 4.69) is 0 Å². The van der Waals surface area contributed by atoms with Crippen LogP contribution in [0.3, 0.4) is 0 Å². The molecular weight excluding hydrogens is 244 g/mol. The van der Waals surface area contributed by atoms with Gasteiger partial charge in [-0.1, -0.05) is 11.6 Å². The molecule has 0 saturated heterocycles. The van der Waals surface area contributed by atoms with E-state index in [4.69, 9.17) is 23.1 Å². The standard InChI is InChI=1S/C11H9ClN2OS/c12-9-1-2-16-11(9)10(15)6-3-7(13)5-8(14)4-6/h1-5H,13-14H2. The predicted octanol–water partition coefficient (Wildman–Crippen LogP) is 2.80. The van der Waals surface area contributed by atoms with Gasteiger partial charge in [-0.2, -0.15) is 0 Å². The van der Waals surface area contributed by atoms with Crippen LogP contribution in [0, 0.1) is 0 Å². The Bertz CT molecular complexity index is 530. The molecule has 0 aliphatic heterocycles. The van der Waals surface area contributed by atoms with Crippen LogP contribution in [0.5, 0.6) is 0 Å². The van der Waals surface area contributed by atoms with E-state index >= 15 is 0 Å². The lowest BCUT2D eigenvalue weighted by atomic mass is 10.1. The van der Waals surface area contributed by atoms with Crippen LogP contribution in [0.25, 0.3) is 0 Å². The number of benzene rings is 1. The predicted molar refractivity (Wildman–Crippen MR) is 68.0 cm³/mol. The molecule has 0 bridgehead atoms. The molecule has 0 aliphatic carbocycles. The topological polar surface area (TPSA) is 69.1 Å². The normalized spacial score (nSPS) is 10.3. The van der Waals surface area contributed by atoms with E-state index < -0.39 is 0 Å². The zero-order valence-electron chi connectivity index (χ0n) is 8.24. The summed E-state index contributed by atoms with van der Waals surface area (Å²) in [6.07, 6.45) is 0. The van der Waals surface area contributed by atoms with Crippen molar-refractivity contribution in [2.45, 2.75) is 0 Å². The first kappa shape index (κ1) is 11.0. The molecule has 5 heteroatoms. The lowest BCUT2D eigenvalue weighted by Gasteiger charge is -2.03. The minimum atomic E-state index is -0.154. The Morgan fingerprint density at radius 1 is 1.19 bits per heavy atom. The number of nitrogen functional groups attached to an aromatic ring is 2. The average molecular weight is 253 g/mol. The second-order valence-electron chi connectivity index (χ2n) is 3.32. The Balaban J connectivity index is 2.45. The van der Waals surface area contributed by atoms with Gasteiger partial charge in [-0.3, -0.25) is 4.79 Å². The second-order valence-corrected chi connectivity index (χ2v) is 4.64. The molecule has 0 saturated carbocycles. The average Bonchev–Trinajstić information content (AvgIpc) is 2.62. The third kappa shape index (κ3) is 2.03. The van der Waals surface area contributed by atoms with E-state index in [1.165, 1.54) is 11.3 Å². The summed E-state index contributed by atoms with van der Waals surface area (Å²) in [5.74, 6) is -0.154. The quantitative estimate of drug-likeness (QED) is 0.638. The Labute approximate surface area is 102 Å². The van der Waals surface area contributed by atoms with Gasteiger partial charge in [-0.05, 0) is 29.6 Å². The van der Waals surface area contributed by atoms with E-state index in [0.717, 1.165) is 0 Å². The first-order chi connectivity index (χ1) is 7.58. The molecule has 1 heterocycles. The summed E-state index contributed by atoms with van der Waals surface area (Å²) in [4.78, 5) is 12.6. The van der Waals surface area contributed by atoms with Crippen LogP contribution in [-0.2, 0) is 0 Å². The number of anilines is 2. The van der Waals surface area contributed by atoms with Crippen LogP contribution in [0.4, 0.5) is 11.4 Å². The van der Waals surface area contributed by atoms with Crippen molar-refractivity contribution in [1.82, 2.24) is 0 Å². The summed E-state index contributed by atoms with van der Waals surface area (Å²) in [6.45, 7) is 0. The van der Waals surface area contributed by atoms with Gasteiger partial charge >= 0.3 is 0 Å². The summed E-state index contributed by atoms with van der Waals surface area (Å²) in [5, 5.41) is 2.22. The molecule has 0 aliphatic rings. The van der Waals surface area contributed by atoms with Crippen molar-refractivity contribution in [3.8, 4) is 0 Å². The summed E-state index contributed by atoms with van der Waals surface area (Å²) in [5.41, 5.74) is 12.7. The van der Waals surface area contributed by atoms with Gasteiger partial charge in [0.1, 0.15) is 0 Å². The zero-order valence-corrected chi connectivity index (χ0v) is 9.81. The number of ketones is 1. The van der Waals surface area contributed by atoms with E-state index in [1.54, 1.807) is 29.6 Å². The molecule has 16 heavy (non-hydrogen) atoms. The minimum absolute atomic E-state index is 0.154. The van der Waals surface area contributed by atoms with Crippen LogP contribution in [0.2, 0.25) is 5.02 Å². The van der Waals surface area contributed by atoms with Crippen LogP contribution in [-0.4, -0.2) is 5.78 Å². The monoisotopic (exact) mass is 252 g/mol. The number of hydrogen-bond donors (Lipinski definition) is 2. The van der Waals surface area contributed by atoms with E-state index in [-0.39, 0.29) is 5.78 Å². The molecule has 0 unspecified atom stereocenters. The molecule has 0 fully saturated rings.